The van der Waals surface area contributed by atoms with Crippen LogP contribution in [0.4, 0.5) is 5.69 Å². The predicted molar refractivity (Wildman–Crippen MR) is 78.0 cm³/mol. The molecule has 0 spiro atoms. The van der Waals surface area contributed by atoms with Gasteiger partial charge in [0.25, 0.3) is 0 Å². The number of carboxylic acids is 1. The smallest absolute Gasteiger partial charge is 0.339 e. The number of hydrogen-bond donors (Lipinski definition) is 2. The molecule has 2 rings (SSSR count). The summed E-state index contributed by atoms with van der Waals surface area (Å²) in [5, 5.41) is 17.5. The summed E-state index contributed by atoms with van der Waals surface area (Å²) in [6.45, 7) is 7.09. The number of aromatic carboxylic acids is 1. The Balaban J connectivity index is 2.47. The number of carboxylic acid groups (broad SMARTS) is 1. The van der Waals surface area contributed by atoms with Crippen molar-refractivity contribution in [3.63, 3.8) is 0 Å². The van der Waals surface area contributed by atoms with Crippen LogP contribution in [0.15, 0.2) is 12.4 Å². The minimum absolute atomic E-state index is 0.0908. The van der Waals surface area contributed by atoms with Crippen LogP contribution in [-0.4, -0.2) is 32.4 Å². The molecule has 0 saturated carbocycles. The molecule has 6 heteroatoms. The van der Waals surface area contributed by atoms with E-state index in [1.54, 1.807) is 17.9 Å². The van der Waals surface area contributed by atoms with Gasteiger partial charge in [0, 0.05) is 19.8 Å². The van der Waals surface area contributed by atoms with Crippen LogP contribution < -0.4 is 5.32 Å². The van der Waals surface area contributed by atoms with Gasteiger partial charge in [-0.3, -0.25) is 4.68 Å². The lowest BCUT2D eigenvalue weighted by atomic mass is 9.90. The zero-order valence-corrected chi connectivity index (χ0v) is 12.3. The van der Waals surface area contributed by atoms with E-state index in [4.69, 9.17) is 0 Å². The van der Waals surface area contributed by atoms with E-state index >= 15 is 0 Å². The second-order valence-electron chi connectivity index (χ2n) is 5.73. The Bertz CT molecular complexity index is 646. The minimum Gasteiger partial charge on any atom is -0.478 e. The zero-order valence-electron chi connectivity index (χ0n) is 12.3. The van der Waals surface area contributed by atoms with Gasteiger partial charge in [-0.1, -0.05) is 20.8 Å². The van der Waals surface area contributed by atoms with Crippen molar-refractivity contribution < 1.29 is 9.90 Å². The lowest BCUT2D eigenvalue weighted by Crippen LogP contribution is -2.23. The largest absolute Gasteiger partial charge is 0.478 e. The number of aromatic nitrogens is 3. The van der Waals surface area contributed by atoms with Crippen molar-refractivity contribution in [3.8, 4) is 0 Å². The molecule has 0 aliphatic heterocycles. The standard InChI is InChI=1S/C14H20N4O2/c1-5-14(2,3)8-16-11-9-7-17-18(4)12(9)15-6-10(11)13(19)20/h6-7H,5,8H2,1-4H3,(H,15,16)(H,19,20). The molecule has 2 aromatic heterocycles. The number of pyridine rings is 1. The van der Waals surface area contributed by atoms with Crippen LogP contribution in [0.2, 0.25) is 0 Å². The molecule has 2 aromatic rings. The van der Waals surface area contributed by atoms with Crippen LogP contribution in [0.5, 0.6) is 0 Å². The topological polar surface area (TPSA) is 80.0 Å². The maximum Gasteiger partial charge on any atom is 0.339 e. The van der Waals surface area contributed by atoms with Crippen LogP contribution in [0, 0.1) is 5.41 Å². The number of rotatable bonds is 5. The zero-order chi connectivity index (χ0) is 14.9. The molecule has 0 aliphatic carbocycles. The summed E-state index contributed by atoms with van der Waals surface area (Å²) in [4.78, 5) is 15.5. The lowest BCUT2D eigenvalue weighted by Gasteiger charge is -2.24. The third kappa shape index (κ3) is 2.59. The van der Waals surface area contributed by atoms with Gasteiger partial charge in [-0.2, -0.15) is 5.10 Å². The van der Waals surface area contributed by atoms with E-state index in [9.17, 15) is 9.90 Å². The summed E-state index contributed by atoms with van der Waals surface area (Å²) < 4.78 is 1.64. The maximum atomic E-state index is 11.4. The molecule has 0 radical (unpaired) electrons. The Morgan fingerprint density at radius 3 is 2.75 bits per heavy atom. The molecular weight excluding hydrogens is 256 g/mol. The average molecular weight is 276 g/mol. The molecule has 0 aromatic carbocycles. The fourth-order valence-electron chi connectivity index (χ4n) is 1.90. The molecule has 0 saturated heterocycles. The molecule has 6 nitrogen and oxygen atoms in total. The van der Waals surface area contributed by atoms with Crippen LogP contribution in [-0.2, 0) is 7.05 Å². The van der Waals surface area contributed by atoms with Gasteiger partial charge in [-0.25, -0.2) is 9.78 Å². The number of hydrogen-bond acceptors (Lipinski definition) is 4. The van der Waals surface area contributed by atoms with E-state index in [-0.39, 0.29) is 11.0 Å². The number of anilines is 1. The van der Waals surface area contributed by atoms with Gasteiger partial charge in [0.1, 0.15) is 5.56 Å². The highest BCUT2D eigenvalue weighted by atomic mass is 16.4. The van der Waals surface area contributed by atoms with Crippen molar-refractivity contribution in [1.29, 1.82) is 0 Å². The molecule has 0 fully saturated rings. The first-order valence-electron chi connectivity index (χ1n) is 6.63. The Kier molecular flexibility index (Phi) is 3.65. The molecule has 0 bridgehead atoms. The monoisotopic (exact) mass is 276 g/mol. The van der Waals surface area contributed by atoms with E-state index in [2.05, 4.69) is 36.2 Å². The first-order valence-corrected chi connectivity index (χ1v) is 6.63. The molecule has 0 unspecified atom stereocenters. The number of carbonyl (C=O) groups is 1. The van der Waals surface area contributed by atoms with Crippen LogP contribution in [0.25, 0.3) is 11.0 Å². The fraction of sp³-hybridized carbons (Fsp3) is 0.500. The molecule has 2 N–H and O–H groups in total. The highest BCUT2D eigenvalue weighted by Crippen LogP contribution is 2.28. The van der Waals surface area contributed by atoms with E-state index in [1.807, 2.05) is 0 Å². The molecule has 0 amide bonds. The molecule has 20 heavy (non-hydrogen) atoms. The van der Waals surface area contributed by atoms with E-state index in [1.165, 1.54) is 6.20 Å². The van der Waals surface area contributed by atoms with Gasteiger partial charge in [0.2, 0.25) is 0 Å². The Morgan fingerprint density at radius 2 is 2.15 bits per heavy atom. The molecular formula is C14H20N4O2. The van der Waals surface area contributed by atoms with Gasteiger partial charge in [0.05, 0.1) is 17.3 Å². The highest BCUT2D eigenvalue weighted by molar-refractivity contribution is 6.03. The second kappa shape index (κ2) is 5.11. The third-order valence-electron chi connectivity index (χ3n) is 3.69. The minimum atomic E-state index is -0.986. The van der Waals surface area contributed by atoms with Gasteiger partial charge in [-0.15, -0.1) is 0 Å². The summed E-state index contributed by atoms with van der Waals surface area (Å²) in [5.41, 5.74) is 1.54. The maximum absolute atomic E-state index is 11.4. The quantitative estimate of drug-likeness (QED) is 0.877. The summed E-state index contributed by atoms with van der Waals surface area (Å²) in [6.07, 6.45) is 4.04. The first kappa shape index (κ1) is 14.3. The second-order valence-corrected chi connectivity index (χ2v) is 5.73. The number of nitrogens with one attached hydrogen (secondary N) is 1. The van der Waals surface area contributed by atoms with Crippen molar-refractivity contribution in [1.82, 2.24) is 14.8 Å². The van der Waals surface area contributed by atoms with Gasteiger partial charge >= 0.3 is 5.97 Å². The fourth-order valence-corrected chi connectivity index (χ4v) is 1.90. The van der Waals surface area contributed by atoms with Crippen molar-refractivity contribution in [2.24, 2.45) is 12.5 Å². The Hall–Kier alpha value is -2.11. The Morgan fingerprint density at radius 1 is 1.45 bits per heavy atom. The van der Waals surface area contributed by atoms with Crippen LogP contribution >= 0.6 is 0 Å². The van der Waals surface area contributed by atoms with Gasteiger partial charge in [-0.05, 0) is 11.8 Å². The first-order chi connectivity index (χ1) is 9.35. The van der Waals surface area contributed by atoms with Crippen molar-refractivity contribution in [2.75, 3.05) is 11.9 Å². The number of aryl methyl sites for hydroxylation is 1. The number of nitrogens with zero attached hydrogens (tertiary/aromatic N) is 3. The normalized spacial score (nSPS) is 11.8. The summed E-state index contributed by atoms with van der Waals surface area (Å²) in [5.74, 6) is -0.986. The third-order valence-corrected chi connectivity index (χ3v) is 3.69. The van der Waals surface area contributed by atoms with E-state index in [0.29, 0.717) is 17.9 Å². The summed E-state index contributed by atoms with van der Waals surface area (Å²) in [7, 11) is 1.79. The van der Waals surface area contributed by atoms with E-state index in [0.717, 1.165) is 11.8 Å². The van der Waals surface area contributed by atoms with Crippen LogP contribution in [0.1, 0.15) is 37.6 Å². The highest BCUT2D eigenvalue weighted by Gasteiger charge is 2.20. The van der Waals surface area contributed by atoms with Crippen molar-refractivity contribution in [2.45, 2.75) is 27.2 Å². The van der Waals surface area contributed by atoms with Crippen LogP contribution in [0.3, 0.4) is 0 Å². The lowest BCUT2D eigenvalue weighted by molar-refractivity contribution is 0.0697. The summed E-state index contributed by atoms with van der Waals surface area (Å²) in [6, 6.07) is 0. The summed E-state index contributed by atoms with van der Waals surface area (Å²) >= 11 is 0. The molecule has 0 atom stereocenters. The molecule has 108 valence electrons. The van der Waals surface area contributed by atoms with E-state index < -0.39 is 5.97 Å². The molecule has 2 heterocycles. The number of fused-ring (bicyclic) bond motifs is 1. The van der Waals surface area contributed by atoms with Gasteiger partial charge in [0.15, 0.2) is 5.65 Å². The molecule has 0 aliphatic rings. The average Bonchev–Trinajstić information content (AvgIpc) is 2.78. The van der Waals surface area contributed by atoms with Crippen molar-refractivity contribution in [3.05, 3.63) is 18.0 Å². The SMILES string of the molecule is CCC(C)(C)CNc1c(C(=O)O)cnc2c1cnn2C. The Labute approximate surface area is 117 Å². The predicted octanol–water partition coefficient (Wildman–Crippen LogP) is 2.51. The van der Waals surface area contributed by atoms with Crippen molar-refractivity contribution >= 4 is 22.7 Å². The van der Waals surface area contributed by atoms with Gasteiger partial charge < -0.3 is 10.4 Å².